The molecular weight excluding hydrogens is 776 g/mol. The van der Waals surface area contributed by atoms with E-state index in [4.69, 9.17) is 29.9 Å². The maximum atomic E-state index is 5.24. The van der Waals surface area contributed by atoms with Gasteiger partial charge in [-0.3, -0.25) is 0 Å². The lowest BCUT2D eigenvalue weighted by Gasteiger charge is -2.15. The first-order valence-corrected chi connectivity index (χ1v) is 22.4. The minimum absolute atomic E-state index is 0.426. The highest BCUT2D eigenvalue weighted by Gasteiger charge is 2.19. The molecule has 3 heterocycles. The second-order valence-corrected chi connectivity index (χ2v) is 17.3. The maximum Gasteiger partial charge on any atom is 0.164 e. The van der Waals surface area contributed by atoms with Gasteiger partial charge in [-0.2, -0.15) is 0 Å². The van der Waals surface area contributed by atoms with Crippen molar-refractivity contribution in [1.29, 1.82) is 0 Å². The molecule has 1 atom stereocenters. The van der Waals surface area contributed by atoms with E-state index in [2.05, 4.69) is 91.6 Å². The third-order valence-corrected chi connectivity index (χ3v) is 13.6. The highest BCUT2D eigenvalue weighted by atomic mass is 31.1. The summed E-state index contributed by atoms with van der Waals surface area (Å²) in [5.41, 5.74) is 9.67. The van der Waals surface area contributed by atoms with Crippen molar-refractivity contribution in [1.82, 2.24) is 29.9 Å². The molecule has 0 radical (unpaired) electrons. The largest absolute Gasteiger partial charge is 0.208 e. The molecule has 11 rings (SSSR count). The summed E-state index contributed by atoms with van der Waals surface area (Å²) in [5.74, 6) is 3.68. The van der Waals surface area contributed by atoms with Gasteiger partial charge in [-0.05, 0) is 64.0 Å². The number of nitrogens with zero attached hydrogens (tertiary/aromatic N) is 6. The van der Waals surface area contributed by atoms with Gasteiger partial charge in [0, 0.05) is 43.6 Å². The lowest BCUT2D eigenvalue weighted by molar-refractivity contribution is 1.07. The Morgan fingerprint density at radius 1 is 0.258 bits per heavy atom. The van der Waals surface area contributed by atoms with Crippen molar-refractivity contribution < 1.29 is 0 Å². The number of rotatable bonds is 8. The van der Waals surface area contributed by atoms with Gasteiger partial charge in [0.2, 0.25) is 0 Å². The number of hydrogen-bond donors (Lipinski definition) is 0. The zero-order valence-corrected chi connectivity index (χ0v) is 34.7. The van der Waals surface area contributed by atoms with Gasteiger partial charge in [-0.1, -0.05) is 182 Å². The number of benzene rings is 8. The van der Waals surface area contributed by atoms with Crippen molar-refractivity contribution in [2.24, 2.45) is 6.66 Å². The SMILES string of the molecule is Cp1c2ccccc2c2cc(-c3ccc(-c4cccc(-c5nc(-c6ccccc6)nc(-c6ccccc6)n5)c4)cc3-c3nc(-c4ccccc4)nc(-c4ccccc4)n3)ccc21. The predicted molar refractivity (Wildman–Crippen MR) is 255 cm³/mol. The van der Waals surface area contributed by atoms with Gasteiger partial charge >= 0.3 is 0 Å². The average molecular weight is 813 g/mol. The summed E-state index contributed by atoms with van der Waals surface area (Å²) >= 11 is 0. The highest BCUT2D eigenvalue weighted by molar-refractivity contribution is 7.59. The second-order valence-electron chi connectivity index (χ2n) is 15.2. The van der Waals surface area contributed by atoms with Crippen molar-refractivity contribution in [3.05, 3.63) is 206 Å². The van der Waals surface area contributed by atoms with Gasteiger partial charge in [-0.25, -0.2) is 29.9 Å². The van der Waals surface area contributed by atoms with E-state index in [0.717, 1.165) is 55.6 Å². The number of fused-ring (bicyclic) bond motifs is 3. The molecule has 0 bridgehead atoms. The van der Waals surface area contributed by atoms with Crippen LogP contribution in [0.3, 0.4) is 0 Å². The van der Waals surface area contributed by atoms with E-state index in [0.29, 0.717) is 34.9 Å². The van der Waals surface area contributed by atoms with Crippen molar-refractivity contribution in [3.63, 3.8) is 0 Å². The fourth-order valence-corrected chi connectivity index (χ4v) is 10.2. The second kappa shape index (κ2) is 15.9. The topological polar surface area (TPSA) is 77.3 Å². The Morgan fingerprint density at radius 2 is 0.661 bits per heavy atom. The average Bonchev–Trinajstić information content (AvgIpc) is 3.65. The molecule has 11 aromatic rings. The van der Waals surface area contributed by atoms with Crippen LogP contribution >= 0.6 is 7.53 Å². The van der Waals surface area contributed by atoms with Crippen molar-refractivity contribution in [3.8, 4) is 90.6 Å². The standard InChI is InChI=1S/C55H37N6P/c1-62-48-28-15-14-27-45(48)46-35-42(30-32-49(46)62)44-31-29-41(34-47(44)55-60-52(38-21-10-4-11-22-38)57-53(61-55)39-23-12-5-13-24-39)40-25-16-26-43(33-40)54-58-50(36-17-6-2-7-18-36)56-51(59-54)37-19-8-3-9-20-37/h2-35H,1H3. The molecule has 6 nitrogen and oxygen atoms in total. The predicted octanol–water partition coefficient (Wildman–Crippen LogP) is 14.2. The first kappa shape index (κ1) is 37.1. The summed E-state index contributed by atoms with van der Waals surface area (Å²) in [5, 5.41) is 5.44. The fourth-order valence-electron chi connectivity index (χ4n) is 8.20. The zero-order chi connectivity index (χ0) is 41.4. The molecule has 0 saturated heterocycles. The summed E-state index contributed by atoms with van der Waals surface area (Å²) in [6.45, 7) is 2.36. The molecule has 8 aromatic carbocycles. The van der Waals surface area contributed by atoms with Crippen molar-refractivity contribution >= 4 is 28.5 Å². The van der Waals surface area contributed by atoms with Gasteiger partial charge in [0.05, 0.1) is 0 Å². The maximum absolute atomic E-state index is 5.24. The van der Waals surface area contributed by atoms with Gasteiger partial charge in [0.25, 0.3) is 0 Å². The lowest BCUT2D eigenvalue weighted by Crippen LogP contribution is -2.01. The third kappa shape index (κ3) is 7.02. The molecule has 0 aliphatic rings. The zero-order valence-electron chi connectivity index (χ0n) is 33.8. The van der Waals surface area contributed by atoms with Crippen LogP contribution in [-0.4, -0.2) is 29.9 Å². The molecule has 292 valence electrons. The van der Waals surface area contributed by atoms with Gasteiger partial charge < -0.3 is 0 Å². The van der Waals surface area contributed by atoms with E-state index in [9.17, 15) is 0 Å². The molecule has 0 aliphatic heterocycles. The summed E-state index contributed by atoms with van der Waals surface area (Å²) in [4.78, 5) is 30.5. The monoisotopic (exact) mass is 812 g/mol. The molecule has 62 heavy (non-hydrogen) atoms. The molecule has 1 unspecified atom stereocenters. The molecule has 7 heteroatoms. The molecule has 3 aromatic heterocycles. The Morgan fingerprint density at radius 3 is 1.21 bits per heavy atom. The third-order valence-electron chi connectivity index (χ3n) is 11.3. The Labute approximate surface area is 360 Å². The van der Waals surface area contributed by atoms with Crippen LogP contribution in [0.4, 0.5) is 0 Å². The van der Waals surface area contributed by atoms with Crippen LogP contribution in [0.1, 0.15) is 0 Å². The first-order chi connectivity index (χ1) is 30.6. The summed E-state index contributed by atoms with van der Waals surface area (Å²) in [6.07, 6.45) is 0. The molecule has 0 fully saturated rings. The van der Waals surface area contributed by atoms with E-state index in [1.54, 1.807) is 0 Å². The van der Waals surface area contributed by atoms with E-state index in [1.807, 2.05) is 121 Å². The van der Waals surface area contributed by atoms with E-state index in [1.165, 1.54) is 21.0 Å². The first-order valence-electron chi connectivity index (χ1n) is 20.6. The van der Waals surface area contributed by atoms with Crippen LogP contribution in [0.2, 0.25) is 0 Å². The molecule has 0 amide bonds. The Hall–Kier alpha value is -7.92. The molecule has 0 saturated carbocycles. The minimum atomic E-state index is -0.426. The van der Waals surface area contributed by atoms with Gasteiger partial charge in [0.15, 0.2) is 34.9 Å². The summed E-state index contributed by atoms with van der Waals surface area (Å²) < 4.78 is 0. The molecule has 0 aliphatic carbocycles. The van der Waals surface area contributed by atoms with Crippen LogP contribution in [0.15, 0.2) is 206 Å². The summed E-state index contributed by atoms with van der Waals surface area (Å²) in [7, 11) is -0.426. The van der Waals surface area contributed by atoms with E-state index >= 15 is 0 Å². The number of aromatic nitrogens is 6. The number of hydrogen-bond acceptors (Lipinski definition) is 6. The van der Waals surface area contributed by atoms with Crippen molar-refractivity contribution in [2.75, 3.05) is 0 Å². The van der Waals surface area contributed by atoms with E-state index in [-0.39, 0.29) is 0 Å². The quantitative estimate of drug-likeness (QED) is 0.152. The van der Waals surface area contributed by atoms with Crippen LogP contribution in [0.25, 0.3) is 112 Å². The normalized spacial score (nSPS) is 11.6. The van der Waals surface area contributed by atoms with Crippen LogP contribution in [-0.2, 0) is 6.66 Å². The number of aryl methyl sites for hydroxylation is 1. The van der Waals surface area contributed by atoms with Crippen LogP contribution in [0.5, 0.6) is 0 Å². The Kier molecular flexibility index (Phi) is 9.53. The smallest absolute Gasteiger partial charge is 0.164 e. The Bertz CT molecular complexity index is 3290. The molecular formula is C55H37N6P. The molecule has 0 spiro atoms. The van der Waals surface area contributed by atoms with Crippen molar-refractivity contribution in [2.45, 2.75) is 0 Å². The lowest BCUT2D eigenvalue weighted by atomic mass is 9.93. The Balaban J connectivity index is 1.10. The van der Waals surface area contributed by atoms with E-state index < -0.39 is 7.53 Å². The van der Waals surface area contributed by atoms with Crippen LogP contribution < -0.4 is 0 Å². The van der Waals surface area contributed by atoms with Crippen LogP contribution in [0, 0.1) is 0 Å². The summed E-state index contributed by atoms with van der Waals surface area (Å²) in [6, 6.07) is 71.2. The van der Waals surface area contributed by atoms with Gasteiger partial charge in [0.1, 0.15) is 0 Å². The van der Waals surface area contributed by atoms with Gasteiger partial charge in [-0.15, -0.1) is 7.53 Å². The minimum Gasteiger partial charge on any atom is -0.208 e. The fraction of sp³-hybridized carbons (Fsp3) is 0.0182. The highest BCUT2D eigenvalue weighted by Crippen LogP contribution is 2.48. The molecule has 0 N–H and O–H groups in total.